The van der Waals surface area contributed by atoms with Gasteiger partial charge in [0, 0.05) is 6.42 Å². The lowest BCUT2D eigenvalue weighted by atomic mass is 9.98. The monoisotopic (exact) mass is 512 g/mol. The molecule has 194 valence electrons. The fourth-order valence-corrected chi connectivity index (χ4v) is 4.41. The first kappa shape index (κ1) is 26.3. The summed E-state index contributed by atoms with van der Waals surface area (Å²) in [6, 6.07) is 16.7. The van der Waals surface area contributed by atoms with Crippen LogP contribution in [0.4, 0.5) is 10.5 Å². The van der Waals surface area contributed by atoms with Gasteiger partial charge in [0.1, 0.15) is 11.3 Å². The average molecular weight is 513 g/mol. The molecule has 1 heterocycles. The Balaban J connectivity index is 1.61. The molecule has 4 amide bonds. The van der Waals surface area contributed by atoms with Crippen molar-refractivity contribution in [3.05, 3.63) is 99.6 Å². The van der Waals surface area contributed by atoms with E-state index in [0.29, 0.717) is 17.7 Å². The highest BCUT2D eigenvalue weighted by Crippen LogP contribution is 2.27. The van der Waals surface area contributed by atoms with Gasteiger partial charge < -0.3 is 9.47 Å². The molecule has 0 unspecified atom stereocenters. The number of nitrogens with one attached hydrogen (secondary N) is 1. The van der Waals surface area contributed by atoms with Crippen LogP contribution in [0.5, 0.6) is 5.75 Å². The van der Waals surface area contributed by atoms with Gasteiger partial charge in [-0.15, -0.1) is 0 Å². The van der Waals surface area contributed by atoms with Gasteiger partial charge in [0.25, 0.3) is 11.8 Å². The lowest BCUT2D eigenvalue weighted by Crippen LogP contribution is -2.54. The van der Waals surface area contributed by atoms with Crippen LogP contribution in [-0.4, -0.2) is 37.5 Å². The summed E-state index contributed by atoms with van der Waals surface area (Å²) in [7, 11) is 1.57. The van der Waals surface area contributed by atoms with Gasteiger partial charge in [0.15, 0.2) is 0 Å². The first-order chi connectivity index (χ1) is 18.2. The summed E-state index contributed by atoms with van der Waals surface area (Å²) in [6.45, 7) is 6.03. The molecule has 8 nitrogen and oxygen atoms in total. The lowest BCUT2D eigenvalue weighted by molar-refractivity contribution is -0.122. The summed E-state index contributed by atoms with van der Waals surface area (Å²) < 4.78 is 10.6. The molecule has 38 heavy (non-hydrogen) atoms. The highest BCUT2D eigenvalue weighted by Gasteiger charge is 2.36. The number of amides is 4. The number of esters is 1. The Morgan fingerprint density at radius 2 is 1.63 bits per heavy atom. The quantitative estimate of drug-likeness (QED) is 0.279. The fourth-order valence-electron chi connectivity index (χ4n) is 4.41. The van der Waals surface area contributed by atoms with Crippen molar-refractivity contribution in [2.75, 3.05) is 18.6 Å². The average Bonchev–Trinajstić information content (AvgIpc) is 2.87. The Hall–Kier alpha value is -4.72. The molecule has 1 aliphatic heterocycles. The van der Waals surface area contributed by atoms with E-state index in [4.69, 9.17) is 9.47 Å². The van der Waals surface area contributed by atoms with Crippen LogP contribution < -0.4 is 15.0 Å². The largest absolute Gasteiger partial charge is 0.496 e. The first-order valence-electron chi connectivity index (χ1n) is 12.1. The number of imide groups is 2. The van der Waals surface area contributed by atoms with Crippen molar-refractivity contribution in [2.24, 2.45) is 0 Å². The molecular formula is C30H28N2O6. The minimum Gasteiger partial charge on any atom is -0.496 e. The maximum absolute atomic E-state index is 13.3. The summed E-state index contributed by atoms with van der Waals surface area (Å²) in [5.41, 5.74) is 5.31. The number of methoxy groups -OCH3 is 1. The van der Waals surface area contributed by atoms with Gasteiger partial charge in [-0.05, 0) is 73.9 Å². The smallest absolute Gasteiger partial charge is 0.338 e. The third-order valence-corrected chi connectivity index (χ3v) is 6.04. The van der Waals surface area contributed by atoms with Gasteiger partial charge >= 0.3 is 12.0 Å². The van der Waals surface area contributed by atoms with E-state index in [1.165, 1.54) is 41.5 Å². The number of hydrogen-bond donors (Lipinski definition) is 1. The second-order valence-electron chi connectivity index (χ2n) is 8.97. The van der Waals surface area contributed by atoms with E-state index in [0.717, 1.165) is 16.0 Å². The third-order valence-electron chi connectivity index (χ3n) is 6.04. The Morgan fingerprint density at radius 1 is 0.947 bits per heavy atom. The number of aryl methyl sites for hydroxylation is 2. The van der Waals surface area contributed by atoms with Crippen LogP contribution in [-0.2, 0) is 20.7 Å². The van der Waals surface area contributed by atoms with Crippen LogP contribution in [0.2, 0.25) is 0 Å². The number of rotatable bonds is 7. The molecule has 0 bridgehead atoms. The Kier molecular flexibility index (Phi) is 7.71. The van der Waals surface area contributed by atoms with E-state index >= 15 is 0 Å². The molecule has 0 atom stereocenters. The number of urea groups is 1. The summed E-state index contributed by atoms with van der Waals surface area (Å²) in [4.78, 5) is 51.2. The van der Waals surface area contributed by atoms with Crippen molar-refractivity contribution in [2.45, 2.75) is 27.2 Å². The number of anilines is 1. The van der Waals surface area contributed by atoms with Crippen molar-refractivity contribution in [1.29, 1.82) is 0 Å². The number of carbonyl (C=O) groups is 4. The van der Waals surface area contributed by atoms with Crippen molar-refractivity contribution in [1.82, 2.24) is 5.32 Å². The zero-order valence-electron chi connectivity index (χ0n) is 21.7. The molecule has 1 fully saturated rings. The minimum atomic E-state index is -0.873. The Morgan fingerprint density at radius 3 is 2.26 bits per heavy atom. The van der Waals surface area contributed by atoms with Gasteiger partial charge in [-0.3, -0.25) is 14.9 Å². The maximum atomic E-state index is 13.3. The summed E-state index contributed by atoms with van der Waals surface area (Å²) in [5, 5.41) is 2.21. The van der Waals surface area contributed by atoms with Crippen LogP contribution in [0.25, 0.3) is 6.08 Å². The van der Waals surface area contributed by atoms with E-state index < -0.39 is 23.8 Å². The Bertz CT molecular complexity index is 1440. The van der Waals surface area contributed by atoms with E-state index in [1.54, 1.807) is 26.2 Å². The van der Waals surface area contributed by atoms with E-state index in [2.05, 4.69) is 37.4 Å². The van der Waals surface area contributed by atoms with Crippen molar-refractivity contribution in [3.63, 3.8) is 0 Å². The topological polar surface area (TPSA) is 102 Å². The molecule has 4 rings (SSSR count). The second kappa shape index (κ2) is 11.1. The molecule has 1 saturated heterocycles. The number of ether oxygens (including phenoxy) is 2. The molecule has 3 aromatic rings. The van der Waals surface area contributed by atoms with E-state index in [-0.39, 0.29) is 23.4 Å². The predicted octanol–water partition coefficient (Wildman–Crippen LogP) is 4.75. The molecule has 0 spiro atoms. The molecule has 1 N–H and O–H groups in total. The number of benzene rings is 3. The second-order valence-corrected chi connectivity index (χ2v) is 8.97. The zero-order chi connectivity index (χ0) is 27.4. The van der Waals surface area contributed by atoms with Crippen LogP contribution in [0, 0.1) is 13.8 Å². The van der Waals surface area contributed by atoms with Crippen LogP contribution in [0.15, 0.2) is 66.2 Å². The highest BCUT2D eigenvalue weighted by molar-refractivity contribution is 6.39. The van der Waals surface area contributed by atoms with Gasteiger partial charge in [-0.1, -0.05) is 41.5 Å². The van der Waals surface area contributed by atoms with Crippen molar-refractivity contribution in [3.8, 4) is 5.75 Å². The van der Waals surface area contributed by atoms with Crippen LogP contribution in [0.3, 0.4) is 0 Å². The van der Waals surface area contributed by atoms with Gasteiger partial charge in [-0.25, -0.2) is 14.5 Å². The van der Waals surface area contributed by atoms with E-state index in [1.807, 2.05) is 6.07 Å². The number of barbiturate groups is 1. The molecule has 0 saturated carbocycles. The molecular weight excluding hydrogens is 484 g/mol. The molecule has 3 aromatic carbocycles. The molecule has 0 aromatic heterocycles. The molecule has 0 radical (unpaired) electrons. The molecule has 1 aliphatic rings. The predicted molar refractivity (Wildman–Crippen MR) is 143 cm³/mol. The SMILES string of the molecule is CCOC(=O)c1ccc(N2C(=O)NC(=O)/C(=C\c3ccc(Cc4cc(C)cc(C)c4)c(OC)c3)C2=O)cc1. The highest BCUT2D eigenvalue weighted by atomic mass is 16.5. The number of carbonyl (C=O) groups excluding carboxylic acids is 4. The maximum Gasteiger partial charge on any atom is 0.338 e. The Labute approximate surface area is 220 Å². The number of hydrogen-bond acceptors (Lipinski definition) is 6. The standard InChI is InChI=1S/C30H28N2O6/c1-5-38-29(35)22-8-10-24(11-9-22)32-28(34)25(27(33)31-30(32)36)16-20-6-7-23(26(17-20)37-4)15-21-13-18(2)12-19(3)14-21/h6-14,16-17H,5,15H2,1-4H3,(H,31,33,36)/b25-16+. The van der Waals surface area contributed by atoms with Crippen molar-refractivity contribution < 1.29 is 28.7 Å². The summed E-state index contributed by atoms with van der Waals surface area (Å²) in [5.74, 6) is -1.47. The van der Waals surface area contributed by atoms with Crippen molar-refractivity contribution >= 4 is 35.6 Å². The van der Waals surface area contributed by atoms with Gasteiger partial charge in [0.05, 0.1) is 25.0 Å². The number of nitrogens with zero attached hydrogens (tertiary/aromatic N) is 1. The van der Waals surface area contributed by atoms with Crippen LogP contribution in [0.1, 0.15) is 45.1 Å². The summed E-state index contributed by atoms with van der Waals surface area (Å²) >= 11 is 0. The molecule has 8 heteroatoms. The minimum absolute atomic E-state index is 0.205. The normalized spacial score (nSPS) is 14.5. The first-order valence-corrected chi connectivity index (χ1v) is 12.1. The lowest BCUT2D eigenvalue weighted by Gasteiger charge is -2.26. The summed E-state index contributed by atoms with van der Waals surface area (Å²) in [6.07, 6.45) is 2.08. The van der Waals surface area contributed by atoms with Gasteiger partial charge in [0.2, 0.25) is 0 Å². The van der Waals surface area contributed by atoms with Gasteiger partial charge in [-0.2, -0.15) is 0 Å². The zero-order valence-corrected chi connectivity index (χ0v) is 21.7. The van der Waals surface area contributed by atoms with Crippen LogP contribution >= 0.6 is 0 Å². The third kappa shape index (κ3) is 5.64. The fraction of sp³-hybridized carbons (Fsp3) is 0.200. The molecule has 0 aliphatic carbocycles. The van der Waals surface area contributed by atoms with E-state index in [9.17, 15) is 19.2 Å².